The van der Waals surface area contributed by atoms with Crippen molar-refractivity contribution in [1.82, 2.24) is 4.90 Å². The van der Waals surface area contributed by atoms with Gasteiger partial charge in [-0.3, -0.25) is 9.69 Å². The molecule has 0 amide bonds. The van der Waals surface area contributed by atoms with Gasteiger partial charge in [0, 0.05) is 19.1 Å². The molecule has 0 bridgehead atoms. The first kappa shape index (κ1) is 11.5. The lowest BCUT2D eigenvalue weighted by Crippen LogP contribution is -2.33. The summed E-state index contributed by atoms with van der Waals surface area (Å²) in [7, 11) is 0. The molecule has 1 rings (SSSR count). The van der Waals surface area contributed by atoms with Crippen molar-refractivity contribution in [2.24, 2.45) is 11.8 Å². The molecule has 0 aliphatic carbocycles. The summed E-state index contributed by atoms with van der Waals surface area (Å²) in [6.07, 6.45) is 2.24. The van der Waals surface area contributed by atoms with E-state index in [-0.39, 0.29) is 5.92 Å². The molecular formula is C11H21NO2. The summed E-state index contributed by atoms with van der Waals surface area (Å²) in [6, 6.07) is 0.571. The van der Waals surface area contributed by atoms with Crippen LogP contribution >= 0.6 is 0 Å². The Morgan fingerprint density at radius 3 is 2.36 bits per heavy atom. The van der Waals surface area contributed by atoms with Crippen LogP contribution in [0.2, 0.25) is 0 Å². The molecule has 1 fully saturated rings. The lowest BCUT2D eigenvalue weighted by molar-refractivity contribution is -0.142. The number of carboxylic acids is 1. The van der Waals surface area contributed by atoms with Gasteiger partial charge < -0.3 is 5.11 Å². The smallest absolute Gasteiger partial charge is 0.308 e. The van der Waals surface area contributed by atoms with E-state index in [0.717, 1.165) is 25.9 Å². The van der Waals surface area contributed by atoms with E-state index in [0.29, 0.717) is 12.0 Å². The third-order valence-corrected chi connectivity index (χ3v) is 3.42. The predicted octanol–water partition coefficient (Wildman–Crippen LogP) is 1.83. The molecule has 2 atom stereocenters. The minimum absolute atomic E-state index is 0.157. The standard InChI is InChI=1S/C11H21NO2/c1-4-9(5-2)12-6-8(3)10(7-12)11(13)14/h8-10H,4-7H2,1-3H3,(H,13,14). The monoisotopic (exact) mass is 199 g/mol. The fourth-order valence-electron chi connectivity index (χ4n) is 2.43. The van der Waals surface area contributed by atoms with Crippen LogP contribution in [0.25, 0.3) is 0 Å². The molecule has 1 aliphatic rings. The molecule has 0 aromatic rings. The number of carboxylic acid groups (broad SMARTS) is 1. The average Bonchev–Trinajstić information content (AvgIpc) is 2.50. The van der Waals surface area contributed by atoms with Crippen LogP contribution in [0.4, 0.5) is 0 Å². The van der Waals surface area contributed by atoms with Gasteiger partial charge in [0.2, 0.25) is 0 Å². The summed E-state index contributed by atoms with van der Waals surface area (Å²) in [5.41, 5.74) is 0. The molecule has 1 aliphatic heterocycles. The highest BCUT2D eigenvalue weighted by molar-refractivity contribution is 5.71. The van der Waals surface area contributed by atoms with Crippen LogP contribution in [0.3, 0.4) is 0 Å². The Hall–Kier alpha value is -0.570. The van der Waals surface area contributed by atoms with Gasteiger partial charge in [0.25, 0.3) is 0 Å². The van der Waals surface area contributed by atoms with Crippen LogP contribution in [0.15, 0.2) is 0 Å². The fraction of sp³-hybridized carbons (Fsp3) is 0.909. The van der Waals surface area contributed by atoms with Gasteiger partial charge in [-0.1, -0.05) is 20.8 Å². The van der Waals surface area contributed by atoms with Gasteiger partial charge in [-0.05, 0) is 18.8 Å². The van der Waals surface area contributed by atoms with E-state index in [1.165, 1.54) is 0 Å². The van der Waals surface area contributed by atoms with E-state index < -0.39 is 5.97 Å². The number of hydrogen-bond acceptors (Lipinski definition) is 2. The van der Waals surface area contributed by atoms with E-state index in [1.54, 1.807) is 0 Å². The molecule has 1 saturated heterocycles. The Bertz CT molecular complexity index is 201. The number of aliphatic carboxylic acids is 1. The largest absolute Gasteiger partial charge is 0.481 e. The summed E-state index contributed by atoms with van der Waals surface area (Å²) in [4.78, 5) is 13.3. The Kier molecular flexibility index (Phi) is 3.93. The molecule has 82 valence electrons. The predicted molar refractivity (Wildman–Crippen MR) is 56.2 cm³/mol. The highest BCUT2D eigenvalue weighted by atomic mass is 16.4. The van der Waals surface area contributed by atoms with Crippen LogP contribution in [-0.2, 0) is 4.79 Å². The summed E-state index contributed by atoms with van der Waals surface area (Å²) in [6.45, 7) is 8.08. The van der Waals surface area contributed by atoms with Crippen LogP contribution < -0.4 is 0 Å². The fourth-order valence-corrected chi connectivity index (χ4v) is 2.43. The Balaban J connectivity index is 2.57. The molecule has 0 spiro atoms. The third-order valence-electron chi connectivity index (χ3n) is 3.42. The highest BCUT2D eigenvalue weighted by Gasteiger charge is 2.36. The molecule has 2 unspecified atom stereocenters. The van der Waals surface area contributed by atoms with E-state index in [2.05, 4.69) is 18.7 Å². The molecule has 0 aromatic carbocycles. The minimum atomic E-state index is -0.633. The lowest BCUT2D eigenvalue weighted by atomic mass is 9.99. The molecule has 14 heavy (non-hydrogen) atoms. The molecule has 1 heterocycles. The molecular weight excluding hydrogens is 178 g/mol. The third kappa shape index (κ3) is 2.27. The van der Waals surface area contributed by atoms with E-state index in [4.69, 9.17) is 5.11 Å². The van der Waals surface area contributed by atoms with Crippen molar-refractivity contribution in [1.29, 1.82) is 0 Å². The minimum Gasteiger partial charge on any atom is -0.481 e. The van der Waals surface area contributed by atoms with E-state index in [9.17, 15) is 4.79 Å². The van der Waals surface area contributed by atoms with Crippen molar-refractivity contribution in [3.63, 3.8) is 0 Å². The van der Waals surface area contributed by atoms with E-state index >= 15 is 0 Å². The van der Waals surface area contributed by atoms with Gasteiger partial charge in [-0.2, -0.15) is 0 Å². The van der Waals surface area contributed by atoms with Crippen LogP contribution in [-0.4, -0.2) is 35.1 Å². The van der Waals surface area contributed by atoms with Crippen LogP contribution in [0, 0.1) is 11.8 Å². The van der Waals surface area contributed by atoms with Gasteiger partial charge in [0.05, 0.1) is 5.92 Å². The zero-order valence-corrected chi connectivity index (χ0v) is 9.36. The lowest BCUT2D eigenvalue weighted by Gasteiger charge is -2.25. The summed E-state index contributed by atoms with van der Waals surface area (Å²) >= 11 is 0. The average molecular weight is 199 g/mol. The number of rotatable bonds is 4. The Morgan fingerprint density at radius 2 is 2.00 bits per heavy atom. The van der Waals surface area contributed by atoms with Crippen molar-refractivity contribution in [3.8, 4) is 0 Å². The van der Waals surface area contributed by atoms with Gasteiger partial charge in [-0.15, -0.1) is 0 Å². The maximum absolute atomic E-state index is 10.9. The van der Waals surface area contributed by atoms with Gasteiger partial charge >= 0.3 is 5.97 Å². The maximum atomic E-state index is 10.9. The molecule has 1 N–H and O–H groups in total. The molecule has 3 nitrogen and oxygen atoms in total. The van der Waals surface area contributed by atoms with Crippen molar-refractivity contribution in [3.05, 3.63) is 0 Å². The zero-order chi connectivity index (χ0) is 10.7. The Labute approximate surface area is 86.1 Å². The first-order valence-electron chi connectivity index (χ1n) is 5.56. The number of nitrogens with zero attached hydrogens (tertiary/aromatic N) is 1. The van der Waals surface area contributed by atoms with Crippen molar-refractivity contribution < 1.29 is 9.90 Å². The zero-order valence-electron chi connectivity index (χ0n) is 9.36. The van der Waals surface area contributed by atoms with Crippen molar-refractivity contribution >= 4 is 5.97 Å². The van der Waals surface area contributed by atoms with Gasteiger partial charge in [-0.25, -0.2) is 0 Å². The van der Waals surface area contributed by atoms with Crippen molar-refractivity contribution in [2.75, 3.05) is 13.1 Å². The Morgan fingerprint density at radius 1 is 1.43 bits per heavy atom. The van der Waals surface area contributed by atoms with Crippen LogP contribution in [0.1, 0.15) is 33.6 Å². The highest BCUT2D eigenvalue weighted by Crippen LogP contribution is 2.26. The van der Waals surface area contributed by atoms with Gasteiger partial charge in [0.1, 0.15) is 0 Å². The molecule has 0 radical (unpaired) electrons. The summed E-state index contributed by atoms with van der Waals surface area (Å²) in [5.74, 6) is -0.491. The topological polar surface area (TPSA) is 40.5 Å². The number of carbonyl (C=O) groups is 1. The van der Waals surface area contributed by atoms with Crippen LogP contribution in [0.5, 0.6) is 0 Å². The van der Waals surface area contributed by atoms with Gasteiger partial charge in [0.15, 0.2) is 0 Å². The first-order valence-corrected chi connectivity index (χ1v) is 5.56. The second kappa shape index (κ2) is 4.78. The van der Waals surface area contributed by atoms with Crippen molar-refractivity contribution in [2.45, 2.75) is 39.7 Å². The molecule has 0 saturated carbocycles. The molecule has 3 heteroatoms. The first-order chi connectivity index (χ1) is 6.60. The second-order valence-corrected chi connectivity index (χ2v) is 4.35. The SMILES string of the molecule is CCC(CC)N1CC(C)C(C(=O)O)C1. The number of likely N-dealkylation sites (tertiary alicyclic amines) is 1. The number of hydrogen-bond donors (Lipinski definition) is 1. The molecule has 0 aromatic heterocycles. The summed E-state index contributed by atoms with van der Waals surface area (Å²) in [5, 5.41) is 9.00. The second-order valence-electron chi connectivity index (χ2n) is 4.35. The quantitative estimate of drug-likeness (QED) is 0.751. The summed E-state index contributed by atoms with van der Waals surface area (Å²) < 4.78 is 0. The normalized spacial score (nSPS) is 28.6. The van der Waals surface area contributed by atoms with E-state index in [1.807, 2.05) is 6.92 Å². The maximum Gasteiger partial charge on any atom is 0.308 e.